The predicted octanol–water partition coefficient (Wildman–Crippen LogP) is 5.29. The Hall–Kier alpha value is -1.85. The normalized spacial score (nSPS) is 11.2. The molecule has 0 spiro atoms. The smallest absolute Gasteiger partial charge is 0.267 e. The fourth-order valence-electron chi connectivity index (χ4n) is 2.90. The lowest BCUT2D eigenvalue weighted by Gasteiger charge is -2.12. The van der Waals surface area contributed by atoms with Gasteiger partial charge in [-0.1, -0.05) is 43.3 Å². The maximum Gasteiger partial charge on any atom is 0.267 e. The lowest BCUT2D eigenvalue weighted by molar-refractivity contribution is 0.822. The van der Waals surface area contributed by atoms with Crippen LogP contribution < -0.4 is 5.56 Å². The van der Waals surface area contributed by atoms with Crippen molar-refractivity contribution in [2.24, 2.45) is 0 Å². The van der Waals surface area contributed by atoms with E-state index in [9.17, 15) is 4.79 Å². The maximum absolute atomic E-state index is 13.4. The Bertz CT molecular complexity index is 985. The van der Waals surface area contributed by atoms with Gasteiger partial charge in [0.15, 0.2) is 5.16 Å². The van der Waals surface area contributed by atoms with Gasteiger partial charge in [-0.15, -0.1) is 17.9 Å². The Balaban J connectivity index is 2.32. The van der Waals surface area contributed by atoms with Gasteiger partial charge in [-0.05, 0) is 43.5 Å². The first-order valence-corrected chi connectivity index (χ1v) is 10.2. The van der Waals surface area contributed by atoms with Crippen molar-refractivity contribution < 1.29 is 0 Å². The molecule has 0 saturated heterocycles. The molecule has 2 heterocycles. The Labute approximate surface area is 156 Å². The van der Waals surface area contributed by atoms with E-state index in [4.69, 9.17) is 4.98 Å². The van der Waals surface area contributed by atoms with Crippen molar-refractivity contribution in [3.8, 4) is 5.69 Å². The minimum Gasteiger partial charge on any atom is -0.268 e. The van der Waals surface area contributed by atoms with E-state index in [0.29, 0.717) is 0 Å². The maximum atomic E-state index is 13.4. The Morgan fingerprint density at radius 1 is 1.36 bits per heavy atom. The second-order valence-corrected chi connectivity index (χ2v) is 8.12. The van der Waals surface area contributed by atoms with Gasteiger partial charge in [0.25, 0.3) is 5.56 Å². The highest BCUT2D eigenvalue weighted by Crippen LogP contribution is 2.31. The lowest BCUT2D eigenvalue weighted by Crippen LogP contribution is -2.21. The van der Waals surface area contributed by atoms with Crippen molar-refractivity contribution in [2.75, 3.05) is 5.75 Å². The van der Waals surface area contributed by atoms with Crippen molar-refractivity contribution in [3.63, 3.8) is 0 Å². The lowest BCUT2D eigenvalue weighted by atomic mass is 10.1. The molecule has 0 aliphatic rings. The van der Waals surface area contributed by atoms with E-state index in [1.807, 2.05) is 44.2 Å². The largest absolute Gasteiger partial charge is 0.268 e. The molecule has 0 aliphatic carbocycles. The van der Waals surface area contributed by atoms with Crippen LogP contribution in [0.5, 0.6) is 0 Å². The van der Waals surface area contributed by atoms with Gasteiger partial charge in [0.1, 0.15) is 4.83 Å². The van der Waals surface area contributed by atoms with Crippen molar-refractivity contribution in [2.45, 2.75) is 38.8 Å². The standard InChI is InChI=1S/C20H22N2OS2/c1-5-8-16-14(4)17-18(25-16)21-20(24-11-6-2)22(19(17)23)15-10-7-9-13(3)12-15/h6-7,9-10,12H,2,5,8,11H2,1,3-4H3. The predicted molar refractivity (Wildman–Crippen MR) is 110 cm³/mol. The second-order valence-electron chi connectivity index (χ2n) is 6.05. The quantitative estimate of drug-likeness (QED) is 0.336. The van der Waals surface area contributed by atoms with E-state index in [1.54, 1.807) is 27.7 Å². The summed E-state index contributed by atoms with van der Waals surface area (Å²) in [6, 6.07) is 8.01. The first kappa shape index (κ1) is 18.0. The van der Waals surface area contributed by atoms with Gasteiger partial charge < -0.3 is 0 Å². The summed E-state index contributed by atoms with van der Waals surface area (Å²) >= 11 is 3.20. The van der Waals surface area contributed by atoms with Gasteiger partial charge in [0, 0.05) is 10.6 Å². The van der Waals surface area contributed by atoms with Gasteiger partial charge in [-0.3, -0.25) is 9.36 Å². The third-order valence-electron chi connectivity index (χ3n) is 4.10. The average molecular weight is 371 g/mol. The molecule has 5 heteroatoms. The molecular formula is C20H22N2OS2. The van der Waals surface area contributed by atoms with Crippen LogP contribution in [0.4, 0.5) is 0 Å². The Kier molecular flexibility index (Phi) is 5.45. The Morgan fingerprint density at radius 3 is 2.84 bits per heavy atom. The van der Waals surface area contributed by atoms with Crippen molar-refractivity contribution in [1.29, 1.82) is 0 Å². The average Bonchev–Trinajstić information content (AvgIpc) is 2.89. The first-order chi connectivity index (χ1) is 12.1. The van der Waals surface area contributed by atoms with Crippen molar-refractivity contribution in [1.82, 2.24) is 9.55 Å². The summed E-state index contributed by atoms with van der Waals surface area (Å²) in [5.74, 6) is 0.718. The van der Waals surface area contributed by atoms with E-state index < -0.39 is 0 Å². The molecule has 0 N–H and O–H groups in total. The van der Waals surface area contributed by atoms with Crippen LogP contribution in [-0.4, -0.2) is 15.3 Å². The zero-order valence-corrected chi connectivity index (χ0v) is 16.5. The number of aryl methyl sites for hydroxylation is 3. The minimum atomic E-state index is 0.0262. The van der Waals surface area contributed by atoms with Gasteiger partial charge in [0.2, 0.25) is 0 Å². The van der Waals surface area contributed by atoms with E-state index in [0.717, 1.165) is 50.8 Å². The molecule has 0 aliphatic heterocycles. The SMILES string of the molecule is C=CCSc1nc2sc(CCC)c(C)c2c(=O)n1-c1cccc(C)c1. The molecule has 3 aromatic rings. The first-order valence-electron chi connectivity index (χ1n) is 8.42. The third kappa shape index (κ3) is 3.44. The molecule has 0 saturated carbocycles. The van der Waals surface area contributed by atoms with E-state index in [-0.39, 0.29) is 5.56 Å². The summed E-state index contributed by atoms with van der Waals surface area (Å²) < 4.78 is 1.75. The Morgan fingerprint density at radius 2 is 2.16 bits per heavy atom. The highest BCUT2D eigenvalue weighted by Gasteiger charge is 2.18. The number of hydrogen-bond donors (Lipinski definition) is 0. The summed E-state index contributed by atoms with van der Waals surface area (Å²) in [5.41, 5.74) is 3.10. The van der Waals surface area contributed by atoms with Gasteiger partial charge in [0.05, 0.1) is 11.1 Å². The molecular weight excluding hydrogens is 348 g/mol. The summed E-state index contributed by atoms with van der Waals surface area (Å²) in [4.78, 5) is 20.3. The van der Waals surface area contributed by atoms with Crippen LogP contribution in [0, 0.1) is 13.8 Å². The highest BCUT2D eigenvalue weighted by atomic mass is 32.2. The topological polar surface area (TPSA) is 34.9 Å². The molecule has 0 bridgehead atoms. The fraction of sp³-hybridized carbons (Fsp3) is 0.300. The van der Waals surface area contributed by atoms with Crippen LogP contribution in [0.25, 0.3) is 15.9 Å². The molecule has 1 aromatic carbocycles. The fourth-order valence-corrected chi connectivity index (χ4v) is 4.97. The monoisotopic (exact) mass is 370 g/mol. The molecule has 0 atom stereocenters. The molecule has 3 nitrogen and oxygen atoms in total. The summed E-state index contributed by atoms with van der Waals surface area (Å²) in [5, 5.41) is 1.49. The number of rotatable bonds is 6. The van der Waals surface area contributed by atoms with Crippen LogP contribution in [0.1, 0.15) is 29.3 Å². The van der Waals surface area contributed by atoms with Crippen LogP contribution in [-0.2, 0) is 6.42 Å². The number of nitrogens with zero attached hydrogens (tertiary/aromatic N) is 2. The number of thiophene rings is 1. The van der Waals surface area contributed by atoms with Crippen molar-refractivity contribution in [3.05, 3.63) is 63.3 Å². The summed E-state index contributed by atoms with van der Waals surface area (Å²) in [6.45, 7) is 10.0. The molecule has 0 amide bonds. The third-order valence-corrected chi connectivity index (χ3v) is 6.28. The zero-order valence-electron chi connectivity index (χ0n) is 14.8. The van der Waals surface area contributed by atoms with Gasteiger partial charge >= 0.3 is 0 Å². The zero-order chi connectivity index (χ0) is 18.0. The van der Waals surface area contributed by atoms with Crippen LogP contribution >= 0.6 is 23.1 Å². The van der Waals surface area contributed by atoms with Crippen LogP contribution in [0.15, 0.2) is 46.9 Å². The molecule has 0 radical (unpaired) electrons. The van der Waals surface area contributed by atoms with Crippen LogP contribution in [0.2, 0.25) is 0 Å². The number of thioether (sulfide) groups is 1. The second kappa shape index (κ2) is 7.58. The number of fused-ring (bicyclic) bond motifs is 1. The summed E-state index contributed by atoms with van der Waals surface area (Å²) in [6.07, 6.45) is 3.90. The number of hydrogen-bond acceptors (Lipinski definition) is 4. The van der Waals surface area contributed by atoms with Gasteiger partial charge in [-0.2, -0.15) is 0 Å². The highest BCUT2D eigenvalue weighted by molar-refractivity contribution is 7.99. The van der Waals surface area contributed by atoms with E-state index in [1.165, 1.54) is 4.88 Å². The summed E-state index contributed by atoms with van der Waals surface area (Å²) in [7, 11) is 0. The van der Waals surface area contributed by atoms with Crippen LogP contribution in [0.3, 0.4) is 0 Å². The number of benzene rings is 1. The molecule has 0 unspecified atom stereocenters. The molecule has 3 rings (SSSR count). The minimum absolute atomic E-state index is 0.0262. The number of aromatic nitrogens is 2. The molecule has 25 heavy (non-hydrogen) atoms. The van der Waals surface area contributed by atoms with E-state index in [2.05, 4.69) is 13.5 Å². The van der Waals surface area contributed by atoms with Crippen molar-refractivity contribution >= 4 is 33.3 Å². The molecule has 130 valence electrons. The van der Waals surface area contributed by atoms with Gasteiger partial charge in [-0.25, -0.2) is 4.98 Å². The van der Waals surface area contributed by atoms with E-state index >= 15 is 0 Å². The molecule has 2 aromatic heterocycles. The molecule has 0 fully saturated rings.